The Morgan fingerprint density at radius 3 is 2.61 bits per heavy atom. The maximum absolute atomic E-state index is 13.0. The molecule has 0 saturated heterocycles. The van der Waals surface area contributed by atoms with Gasteiger partial charge in [-0.15, -0.1) is 0 Å². The fraction of sp³-hybridized carbons (Fsp3) is 0.0714. The van der Waals surface area contributed by atoms with Gasteiger partial charge in [0.2, 0.25) is 0 Å². The summed E-state index contributed by atoms with van der Waals surface area (Å²) < 4.78 is 25.7. The topological polar surface area (TPSA) is 35.8 Å². The first-order chi connectivity index (χ1) is 8.69. The van der Waals surface area contributed by atoms with Gasteiger partial charge in [-0.1, -0.05) is 12.1 Å². The second kappa shape index (κ2) is 5.28. The smallest absolute Gasteiger partial charge is 0.159 e. The largest absolute Gasteiger partial charge is 0.381 e. The van der Waals surface area contributed by atoms with Crippen molar-refractivity contribution in [1.82, 2.24) is 0 Å². The molecule has 0 heterocycles. The van der Waals surface area contributed by atoms with Crippen molar-refractivity contribution in [3.8, 4) is 6.07 Å². The maximum Gasteiger partial charge on any atom is 0.159 e. The van der Waals surface area contributed by atoms with Crippen LogP contribution in [0.5, 0.6) is 0 Å². The van der Waals surface area contributed by atoms with E-state index in [2.05, 4.69) is 5.32 Å². The molecule has 0 radical (unpaired) electrons. The first-order valence-electron chi connectivity index (χ1n) is 5.37. The lowest BCUT2D eigenvalue weighted by Crippen LogP contribution is -2.00. The summed E-state index contributed by atoms with van der Waals surface area (Å²) in [5, 5.41) is 11.8. The molecule has 0 aliphatic carbocycles. The zero-order valence-corrected chi connectivity index (χ0v) is 9.45. The number of hydrogen-bond donors (Lipinski definition) is 1. The minimum Gasteiger partial charge on any atom is -0.381 e. The van der Waals surface area contributed by atoms with Crippen LogP contribution in [0.4, 0.5) is 14.5 Å². The number of hydrogen-bond acceptors (Lipinski definition) is 2. The van der Waals surface area contributed by atoms with Crippen LogP contribution < -0.4 is 5.32 Å². The highest BCUT2D eigenvalue weighted by Gasteiger charge is 2.02. The molecule has 2 aromatic carbocycles. The fourth-order valence-electron chi connectivity index (χ4n) is 1.55. The average molecular weight is 244 g/mol. The molecule has 0 aliphatic rings. The van der Waals surface area contributed by atoms with Gasteiger partial charge in [0.1, 0.15) is 0 Å². The Hall–Kier alpha value is -2.41. The normalized spacial score (nSPS) is 9.83. The number of benzene rings is 2. The lowest BCUT2D eigenvalue weighted by Gasteiger charge is -2.07. The van der Waals surface area contributed by atoms with Gasteiger partial charge in [0, 0.05) is 12.2 Å². The molecule has 0 aromatic heterocycles. The predicted octanol–water partition coefficient (Wildman–Crippen LogP) is 3.45. The molecule has 1 N–H and O–H groups in total. The van der Waals surface area contributed by atoms with E-state index < -0.39 is 11.6 Å². The molecule has 0 amide bonds. The van der Waals surface area contributed by atoms with Crippen molar-refractivity contribution in [3.63, 3.8) is 0 Å². The molecule has 0 unspecified atom stereocenters. The zero-order valence-electron chi connectivity index (χ0n) is 9.45. The summed E-state index contributed by atoms with van der Waals surface area (Å²) in [5.74, 6) is -1.72. The number of nitrogens with one attached hydrogen (secondary N) is 1. The molecular formula is C14H10F2N2. The quantitative estimate of drug-likeness (QED) is 0.897. The Labute approximate surface area is 103 Å². The molecule has 2 nitrogen and oxygen atoms in total. The van der Waals surface area contributed by atoms with Gasteiger partial charge in [0.05, 0.1) is 11.6 Å². The molecule has 0 aliphatic heterocycles. The van der Waals surface area contributed by atoms with E-state index in [1.54, 1.807) is 24.3 Å². The molecule has 0 saturated carbocycles. The lowest BCUT2D eigenvalue weighted by atomic mass is 10.2. The standard InChI is InChI=1S/C14H10F2N2/c15-13-5-4-11(7-14(13)16)9-18-12-3-1-2-10(6-12)8-17/h1-7,18H,9H2. The summed E-state index contributed by atoms with van der Waals surface area (Å²) in [6.45, 7) is 0.367. The highest BCUT2D eigenvalue weighted by molar-refractivity contribution is 5.49. The first kappa shape index (κ1) is 12.1. The van der Waals surface area contributed by atoms with E-state index in [9.17, 15) is 8.78 Å². The van der Waals surface area contributed by atoms with Crippen LogP contribution in [-0.2, 0) is 6.54 Å². The van der Waals surface area contributed by atoms with Crippen molar-refractivity contribution in [1.29, 1.82) is 5.26 Å². The Morgan fingerprint density at radius 2 is 1.89 bits per heavy atom. The van der Waals surface area contributed by atoms with Crippen LogP contribution in [0.25, 0.3) is 0 Å². The third-order valence-corrected chi connectivity index (χ3v) is 2.47. The Kier molecular flexibility index (Phi) is 3.54. The number of nitrogens with zero attached hydrogens (tertiary/aromatic N) is 1. The van der Waals surface area contributed by atoms with E-state index in [1.807, 2.05) is 6.07 Å². The van der Waals surface area contributed by atoms with Crippen molar-refractivity contribution in [2.45, 2.75) is 6.54 Å². The van der Waals surface area contributed by atoms with Crippen molar-refractivity contribution < 1.29 is 8.78 Å². The van der Waals surface area contributed by atoms with Gasteiger partial charge in [-0.3, -0.25) is 0 Å². The number of rotatable bonds is 3. The van der Waals surface area contributed by atoms with E-state index in [1.165, 1.54) is 6.07 Å². The van der Waals surface area contributed by atoms with Crippen LogP contribution in [0.3, 0.4) is 0 Å². The molecule has 0 fully saturated rings. The SMILES string of the molecule is N#Cc1cccc(NCc2ccc(F)c(F)c2)c1. The predicted molar refractivity (Wildman–Crippen MR) is 64.8 cm³/mol. The fourth-order valence-corrected chi connectivity index (χ4v) is 1.55. The van der Waals surface area contributed by atoms with E-state index in [0.29, 0.717) is 17.7 Å². The highest BCUT2D eigenvalue weighted by atomic mass is 19.2. The molecule has 2 aromatic rings. The first-order valence-corrected chi connectivity index (χ1v) is 5.37. The van der Waals surface area contributed by atoms with Gasteiger partial charge in [-0.05, 0) is 35.9 Å². The molecule has 0 bridgehead atoms. The van der Waals surface area contributed by atoms with Crippen LogP contribution in [0.15, 0.2) is 42.5 Å². The van der Waals surface area contributed by atoms with Crippen molar-refractivity contribution in [2.24, 2.45) is 0 Å². The summed E-state index contributed by atoms with van der Waals surface area (Å²) >= 11 is 0. The van der Waals surface area contributed by atoms with E-state index in [4.69, 9.17) is 5.26 Å². The molecular weight excluding hydrogens is 234 g/mol. The third-order valence-electron chi connectivity index (χ3n) is 2.47. The van der Waals surface area contributed by atoms with Crippen LogP contribution in [0, 0.1) is 23.0 Å². The Balaban J connectivity index is 2.07. The van der Waals surface area contributed by atoms with Crippen molar-refractivity contribution in [2.75, 3.05) is 5.32 Å². The van der Waals surface area contributed by atoms with Crippen LogP contribution in [0.1, 0.15) is 11.1 Å². The van der Waals surface area contributed by atoms with Crippen LogP contribution >= 0.6 is 0 Å². The Morgan fingerprint density at radius 1 is 1.06 bits per heavy atom. The molecule has 90 valence electrons. The second-order valence-electron chi connectivity index (χ2n) is 3.79. The average Bonchev–Trinajstić information content (AvgIpc) is 2.40. The van der Waals surface area contributed by atoms with E-state index >= 15 is 0 Å². The van der Waals surface area contributed by atoms with Crippen LogP contribution in [0.2, 0.25) is 0 Å². The summed E-state index contributed by atoms with van der Waals surface area (Å²) in [4.78, 5) is 0. The van der Waals surface area contributed by atoms with E-state index in [-0.39, 0.29) is 0 Å². The molecule has 0 spiro atoms. The monoisotopic (exact) mass is 244 g/mol. The van der Waals surface area contributed by atoms with Gasteiger partial charge in [-0.25, -0.2) is 8.78 Å². The van der Waals surface area contributed by atoms with Gasteiger partial charge in [0.15, 0.2) is 11.6 Å². The number of halogens is 2. The maximum atomic E-state index is 13.0. The molecule has 0 atom stereocenters. The van der Waals surface area contributed by atoms with Crippen LogP contribution in [-0.4, -0.2) is 0 Å². The summed E-state index contributed by atoms with van der Waals surface area (Å²) in [7, 11) is 0. The number of anilines is 1. The molecule has 4 heteroatoms. The van der Waals surface area contributed by atoms with Crippen molar-refractivity contribution in [3.05, 3.63) is 65.2 Å². The highest BCUT2D eigenvalue weighted by Crippen LogP contribution is 2.13. The minimum absolute atomic E-state index is 0.367. The zero-order chi connectivity index (χ0) is 13.0. The Bertz CT molecular complexity index is 603. The van der Waals surface area contributed by atoms with Gasteiger partial charge in [-0.2, -0.15) is 5.26 Å². The van der Waals surface area contributed by atoms with Gasteiger partial charge in [0.25, 0.3) is 0 Å². The van der Waals surface area contributed by atoms with Gasteiger partial charge < -0.3 is 5.32 Å². The van der Waals surface area contributed by atoms with E-state index in [0.717, 1.165) is 17.8 Å². The number of nitriles is 1. The molecule has 2 rings (SSSR count). The summed E-state index contributed by atoms with van der Waals surface area (Å²) in [6.07, 6.45) is 0. The second-order valence-corrected chi connectivity index (χ2v) is 3.79. The lowest BCUT2D eigenvalue weighted by molar-refractivity contribution is 0.507. The van der Waals surface area contributed by atoms with Crippen molar-refractivity contribution >= 4 is 5.69 Å². The molecule has 18 heavy (non-hydrogen) atoms. The summed E-state index contributed by atoms with van der Waals surface area (Å²) in [6, 6.07) is 12.7. The third kappa shape index (κ3) is 2.83. The summed E-state index contributed by atoms with van der Waals surface area (Å²) in [5.41, 5.74) is 1.94. The van der Waals surface area contributed by atoms with Gasteiger partial charge >= 0.3 is 0 Å². The minimum atomic E-state index is -0.861.